The maximum atomic E-state index is 12.2. The van der Waals surface area contributed by atoms with E-state index in [9.17, 15) is 4.79 Å². The average molecular weight is 397 g/mol. The third kappa shape index (κ3) is 5.65. The molecule has 2 aromatic carbocycles. The van der Waals surface area contributed by atoms with E-state index in [1.807, 2.05) is 50.4 Å². The van der Waals surface area contributed by atoms with Crippen LogP contribution in [0.1, 0.15) is 24.1 Å². The molecule has 0 saturated carbocycles. The minimum atomic E-state index is -0.100. The smallest absolute Gasteiger partial charge is 0.275 e. The van der Waals surface area contributed by atoms with Gasteiger partial charge in [0.2, 0.25) is 0 Å². The predicted octanol–water partition coefficient (Wildman–Crippen LogP) is 2.99. The van der Waals surface area contributed by atoms with Gasteiger partial charge in [-0.3, -0.25) is 4.79 Å². The molecule has 0 bridgehead atoms. The monoisotopic (exact) mass is 395 g/mol. The van der Waals surface area contributed by atoms with Gasteiger partial charge < -0.3 is 10.2 Å². The maximum absolute atomic E-state index is 12.2. The van der Waals surface area contributed by atoms with Crippen molar-refractivity contribution < 1.29 is 9.69 Å². The molecule has 1 unspecified atom stereocenters. The lowest BCUT2D eigenvalue weighted by Gasteiger charge is -2.18. The lowest BCUT2D eigenvalue weighted by molar-refractivity contribution is -0.885. The Balaban J connectivity index is 1.86. The molecule has 1 amide bonds. The molecule has 0 aliphatic rings. The van der Waals surface area contributed by atoms with Crippen LogP contribution >= 0.6 is 27.5 Å². The number of hydrogen-bond acceptors (Lipinski definition) is 1. The summed E-state index contributed by atoms with van der Waals surface area (Å²) in [5.41, 5.74) is 2.14. The molecule has 0 saturated heterocycles. The number of hydrogen-bond donors (Lipinski definition) is 2. The van der Waals surface area contributed by atoms with Gasteiger partial charge >= 0.3 is 0 Å². The van der Waals surface area contributed by atoms with E-state index in [4.69, 9.17) is 11.6 Å². The third-order valence-electron chi connectivity index (χ3n) is 3.63. The largest absolute Gasteiger partial charge is 0.345 e. The van der Waals surface area contributed by atoms with Crippen molar-refractivity contribution in [1.29, 1.82) is 0 Å². The Bertz CT molecular complexity index is 660. The average Bonchev–Trinajstić information content (AvgIpc) is 2.49. The molecule has 0 aliphatic carbocycles. The molecule has 23 heavy (non-hydrogen) atoms. The Hall–Kier alpha value is -1.36. The summed E-state index contributed by atoms with van der Waals surface area (Å²) in [5, 5.41) is 3.69. The number of benzene rings is 2. The van der Waals surface area contributed by atoms with Crippen LogP contribution in [0.4, 0.5) is 0 Å². The summed E-state index contributed by atoms with van der Waals surface area (Å²) in [4.78, 5) is 13.3. The molecule has 0 spiro atoms. The number of carbonyl (C=O) groups excluding carboxylic acids is 1. The number of quaternary nitrogens is 1. The number of nitrogens with one attached hydrogen (secondary N) is 2. The molecule has 0 radical (unpaired) electrons. The number of amides is 1. The van der Waals surface area contributed by atoms with Gasteiger partial charge in [0.05, 0.1) is 13.1 Å². The molecular formula is C18H21BrClN2O+. The molecular weight excluding hydrogens is 376 g/mol. The molecule has 3 nitrogen and oxygen atoms in total. The second-order valence-electron chi connectivity index (χ2n) is 5.75. The summed E-state index contributed by atoms with van der Waals surface area (Å²) in [5.74, 6) is 0.0204. The van der Waals surface area contributed by atoms with Gasteiger partial charge in [-0.1, -0.05) is 57.9 Å². The molecule has 0 aromatic heterocycles. The van der Waals surface area contributed by atoms with Crippen molar-refractivity contribution in [2.45, 2.75) is 19.5 Å². The predicted molar refractivity (Wildman–Crippen MR) is 97.6 cm³/mol. The van der Waals surface area contributed by atoms with Crippen LogP contribution in [0.3, 0.4) is 0 Å². The van der Waals surface area contributed by atoms with Crippen molar-refractivity contribution in [2.75, 3.05) is 13.6 Å². The van der Waals surface area contributed by atoms with Crippen molar-refractivity contribution in [1.82, 2.24) is 5.32 Å². The summed E-state index contributed by atoms with van der Waals surface area (Å²) in [6.07, 6.45) is 0. The van der Waals surface area contributed by atoms with Gasteiger partial charge in [0.15, 0.2) is 6.54 Å². The Morgan fingerprint density at radius 1 is 1.22 bits per heavy atom. The van der Waals surface area contributed by atoms with E-state index in [1.165, 1.54) is 5.56 Å². The normalized spacial score (nSPS) is 13.4. The van der Waals surface area contributed by atoms with Crippen molar-refractivity contribution in [2.24, 2.45) is 0 Å². The molecule has 2 N–H and O–H groups in total. The Morgan fingerprint density at radius 3 is 2.52 bits per heavy atom. The lowest BCUT2D eigenvalue weighted by atomic mass is 10.1. The van der Waals surface area contributed by atoms with Gasteiger partial charge in [-0.2, -0.15) is 0 Å². The van der Waals surface area contributed by atoms with Crippen LogP contribution in [0.2, 0.25) is 5.02 Å². The second-order valence-corrected chi connectivity index (χ2v) is 7.07. The first-order chi connectivity index (χ1) is 11.0. The highest BCUT2D eigenvalue weighted by Gasteiger charge is 2.15. The zero-order valence-electron chi connectivity index (χ0n) is 13.3. The van der Waals surface area contributed by atoms with Crippen molar-refractivity contribution in [3.05, 3.63) is 69.2 Å². The first kappa shape index (κ1) is 18.0. The van der Waals surface area contributed by atoms with Crippen LogP contribution in [-0.4, -0.2) is 19.5 Å². The number of likely N-dealkylation sites (N-methyl/N-ethyl adjacent to an activating group) is 1. The van der Waals surface area contributed by atoms with E-state index < -0.39 is 0 Å². The highest BCUT2D eigenvalue weighted by atomic mass is 79.9. The highest BCUT2D eigenvalue weighted by molar-refractivity contribution is 9.10. The molecule has 2 aromatic rings. The zero-order chi connectivity index (χ0) is 16.8. The summed E-state index contributed by atoms with van der Waals surface area (Å²) in [6.45, 7) is 3.18. The number of rotatable bonds is 6. The van der Waals surface area contributed by atoms with Crippen molar-refractivity contribution in [3.8, 4) is 0 Å². The molecule has 2 rings (SSSR count). The maximum Gasteiger partial charge on any atom is 0.275 e. The molecule has 5 heteroatoms. The fourth-order valence-electron chi connectivity index (χ4n) is 2.48. The standard InChI is InChI=1S/C18H20BrClN2O/c1-13(16-5-3-4-6-17(16)20)21-18(23)12-22(2)11-14-7-9-15(19)10-8-14/h3-10,13H,11-12H2,1-2H3,(H,21,23)/p+1/t13-/m0/s1. The first-order valence-electron chi connectivity index (χ1n) is 7.55. The SMILES string of the molecule is C[C@H](NC(=O)C[NH+](C)Cc1ccc(Br)cc1)c1ccccc1Cl. The van der Waals surface area contributed by atoms with Gasteiger partial charge in [0, 0.05) is 15.1 Å². The summed E-state index contributed by atoms with van der Waals surface area (Å²) >= 11 is 9.59. The number of carbonyl (C=O) groups is 1. The van der Waals surface area contributed by atoms with E-state index in [2.05, 4.69) is 33.4 Å². The third-order valence-corrected chi connectivity index (χ3v) is 4.50. The van der Waals surface area contributed by atoms with Crippen LogP contribution in [0.25, 0.3) is 0 Å². The first-order valence-corrected chi connectivity index (χ1v) is 8.72. The summed E-state index contributed by atoms with van der Waals surface area (Å²) in [6, 6.07) is 15.7. The summed E-state index contributed by atoms with van der Waals surface area (Å²) in [7, 11) is 2.02. The fraction of sp³-hybridized carbons (Fsp3) is 0.278. The molecule has 0 aliphatic heterocycles. The Labute approximate surface area is 150 Å². The molecule has 0 heterocycles. The van der Waals surface area contributed by atoms with Gasteiger partial charge in [0.1, 0.15) is 6.54 Å². The van der Waals surface area contributed by atoms with Gasteiger partial charge in [-0.15, -0.1) is 0 Å². The zero-order valence-corrected chi connectivity index (χ0v) is 15.6. The summed E-state index contributed by atoms with van der Waals surface area (Å²) < 4.78 is 1.06. The van der Waals surface area contributed by atoms with Crippen molar-refractivity contribution >= 4 is 33.4 Å². The van der Waals surface area contributed by atoms with E-state index in [0.29, 0.717) is 11.6 Å². The van der Waals surface area contributed by atoms with Gasteiger partial charge in [-0.25, -0.2) is 0 Å². The van der Waals surface area contributed by atoms with Gasteiger partial charge in [-0.05, 0) is 30.7 Å². The van der Waals surface area contributed by atoms with E-state index in [-0.39, 0.29) is 11.9 Å². The minimum Gasteiger partial charge on any atom is -0.345 e. The van der Waals surface area contributed by atoms with E-state index >= 15 is 0 Å². The highest BCUT2D eigenvalue weighted by Crippen LogP contribution is 2.21. The van der Waals surface area contributed by atoms with Crippen LogP contribution in [0.5, 0.6) is 0 Å². The van der Waals surface area contributed by atoms with E-state index in [0.717, 1.165) is 21.5 Å². The second kappa shape index (κ2) is 8.48. The van der Waals surface area contributed by atoms with Crippen molar-refractivity contribution in [3.63, 3.8) is 0 Å². The topological polar surface area (TPSA) is 33.5 Å². The molecule has 2 atom stereocenters. The van der Waals surface area contributed by atoms with Crippen LogP contribution in [0.15, 0.2) is 53.0 Å². The quantitative estimate of drug-likeness (QED) is 0.773. The molecule has 122 valence electrons. The van der Waals surface area contributed by atoms with Crippen LogP contribution < -0.4 is 10.2 Å². The van der Waals surface area contributed by atoms with Crippen LogP contribution in [0, 0.1) is 0 Å². The minimum absolute atomic E-state index is 0.0204. The fourth-order valence-corrected chi connectivity index (χ4v) is 3.05. The number of halogens is 2. The van der Waals surface area contributed by atoms with Crippen LogP contribution in [-0.2, 0) is 11.3 Å². The lowest BCUT2D eigenvalue weighted by Crippen LogP contribution is -3.08. The molecule has 0 fully saturated rings. The Kier molecular flexibility index (Phi) is 6.63. The van der Waals surface area contributed by atoms with Gasteiger partial charge in [0.25, 0.3) is 5.91 Å². The Morgan fingerprint density at radius 2 is 1.87 bits per heavy atom. The van der Waals surface area contributed by atoms with E-state index in [1.54, 1.807) is 0 Å².